The Morgan fingerprint density at radius 3 is 1.17 bits per heavy atom. The van der Waals surface area contributed by atoms with E-state index in [0.29, 0.717) is 11.5 Å². The third-order valence-corrected chi connectivity index (χ3v) is 9.98. The molecule has 2 aliphatic heterocycles. The van der Waals surface area contributed by atoms with Crippen molar-refractivity contribution in [1.82, 2.24) is 0 Å². The lowest BCUT2D eigenvalue weighted by Crippen LogP contribution is -2.41. The van der Waals surface area contributed by atoms with E-state index in [1.54, 1.807) is 14.2 Å². The predicted molar refractivity (Wildman–Crippen MR) is 183 cm³/mol. The third kappa shape index (κ3) is 5.69. The molecule has 4 aromatic carbocycles. The van der Waals surface area contributed by atoms with E-state index in [1.807, 2.05) is 12.1 Å². The number of ether oxygens (including phenoxy) is 4. The van der Waals surface area contributed by atoms with Crippen LogP contribution in [0.15, 0.2) is 60.7 Å². The highest BCUT2D eigenvalue weighted by Gasteiger charge is 2.52. The van der Waals surface area contributed by atoms with Crippen LogP contribution in [-0.2, 0) is 28.1 Å². The van der Waals surface area contributed by atoms with E-state index < -0.39 is 36.6 Å². The Hall–Kier alpha value is -3.11. The Balaban J connectivity index is 1.52. The molecule has 2 saturated heterocycles. The van der Waals surface area contributed by atoms with Gasteiger partial charge in [-0.3, -0.25) is 0 Å². The summed E-state index contributed by atoms with van der Waals surface area (Å²) in [6.45, 7) is 16.7. The van der Waals surface area contributed by atoms with Gasteiger partial charge in [0.25, 0.3) is 0 Å². The summed E-state index contributed by atoms with van der Waals surface area (Å²) in [4.78, 5) is 0. The van der Waals surface area contributed by atoms with Crippen molar-refractivity contribution in [1.29, 1.82) is 0 Å². The summed E-state index contributed by atoms with van der Waals surface area (Å²) < 4.78 is 48.5. The van der Waals surface area contributed by atoms with Crippen LogP contribution in [0.3, 0.4) is 0 Å². The number of rotatable bonds is 9. The van der Waals surface area contributed by atoms with E-state index in [0.717, 1.165) is 43.6 Å². The fourth-order valence-electron chi connectivity index (χ4n) is 5.91. The zero-order chi connectivity index (χ0) is 33.1. The van der Waals surface area contributed by atoms with Crippen LogP contribution >= 0.6 is 0 Å². The molecule has 0 bridgehead atoms. The summed E-state index contributed by atoms with van der Waals surface area (Å²) in [6, 6.07) is 20.6. The highest BCUT2D eigenvalue weighted by atomic mass is 16.7. The number of fused-ring (bicyclic) bond motifs is 2. The van der Waals surface area contributed by atoms with Crippen LogP contribution in [0.2, 0.25) is 0 Å². The van der Waals surface area contributed by atoms with Crippen LogP contribution in [0.5, 0.6) is 11.5 Å². The molecule has 2 fully saturated rings. The van der Waals surface area contributed by atoms with Gasteiger partial charge in [0.2, 0.25) is 0 Å². The van der Waals surface area contributed by atoms with Crippen LogP contribution in [0, 0.1) is 0 Å². The van der Waals surface area contributed by atoms with Gasteiger partial charge in [-0.05, 0) is 100.0 Å². The fourth-order valence-corrected chi connectivity index (χ4v) is 5.91. The Kier molecular flexibility index (Phi) is 8.45. The van der Waals surface area contributed by atoms with Gasteiger partial charge in [0.15, 0.2) is 13.6 Å². The molecule has 0 radical (unpaired) electrons. The molecule has 0 spiro atoms. The van der Waals surface area contributed by atoms with Gasteiger partial charge in [-0.2, -0.15) is 0 Å². The summed E-state index contributed by atoms with van der Waals surface area (Å²) in [6.07, 6.45) is 0. The number of hydrogen-bond donors (Lipinski definition) is 0. The molecule has 0 saturated carbocycles. The summed E-state index contributed by atoms with van der Waals surface area (Å²) in [7, 11) is 2.27. The maximum Gasteiger partial charge on any atom is 0.494 e. The molecule has 0 amide bonds. The molecular formula is C36H44B2O8. The van der Waals surface area contributed by atoms with Crippen LogP contribution in [0.25, 0.3) is 32.7 Å². The number of benzene rings is 4. The third-order valence-electron chi connectivity index (χ3n) is 9.98. The van der Waals surface area contributed by atoms with E-state index in [-0.39, 0.29) is 13.6 Å². The standard InChI is InChI=1S/C36H44B2O8/c1-33(2)34(3,4)44-37(43-33)25-13-15-27-23(19-25)11-17-29(41-21-39-9)31(27)32-28-16-14-26(38-45-35(5,6)36(7,8)46-38)20-24(28)12-18-30(32)42-22-40-10/h11-20H,21-22H2,1-10H3. The molecule has 0 N–H and O–H groups in total. The average Bonchev–Trinajstić information content (AvgIpc) is 3.37. The van der Waals surface area contributed by atoms with Crippen molar-refractivity contribution in [2.75, 3.05) is 27.8 Å². The van der Waals surface area contributed by atoms with Crippen molar-refractivity contribution in [3.05, 3.63) is 60.7 Å². The largest absolute Gasteiger partial charge is 0.494 e. The van der Waals surface area contributed by atoms with Gasteiger partial charge in [-0.25, -0.2) is 0 Å². The maximum absolute atomic E-state index is 6.37. The van der Waals surface area contributed by atoms with Gasteiger partial charge < -0.3 is 37.6 Å². The molecule has 0 aromatic heterocycles. The summed E-state index contributed by atoms with van der Waals surface area (Å²) in [5.41, 5.74) is 1.91. The van der Waals surface area contributed by atoms with Gasteiger partial charge in [0.1, 0.15) is 11.5 Å². The Morgan fingerprint density at radius 1 is 0.500 bits per heavy atom. The second-order valence-corrected chi connectivity index (χ2v) is 14.1. The monoisotopic (exact) mass is 626 g/mol. The molecule has 0 atom stereocenters. The first-order valence-electron chi connectivity index (χ1n) is 15.8. The van der Waals surface area contributed by atoms with Gasteiger partial charge in [0, 0.05) is 25.3 Å². The van der Waals surface area contributed by atoms with Crippen LogP contribution in [-0.4, -0.2) is 64.4 Å². The first-order valence-corrected chi connectivity index (χ1v) is 15.8. The maximum atomic E-state index is 6.37. The van der Waals surface area contributed by atoms with Crippen molar-refractivity contribution >= 4 is 46.7 Å². The smallest absolute Gasteiger partial charge is 0.467 e. The van der Waals surface area contributed by atoms with Crippen molar-refractivity contribution in [2.24, 2.45) is 0 Å². The molecule has 8 nitrogen and oxygen atoms in total. The zero-order valence-corrected chi connectivity index (χ0v) is 28.6. The highest BCUT2D eigenvalue weighted by molar-refractivity contribution is 6.63. The molecule has 2 aliphatic rings. The van der Waals surface area contributed by atoms with Gasteiger partial charge >= 0.3 is 14.2 Å². The molecule has 0 unspecified atom stereocenters. The summed E-state index contributed by atoms with van der Waals surface area (Å²) in [5, 5.41) is 3.99. The molecule has 6 rings (SSSR count). The minimum atomic E-state index is -0.478. The molecular weight excluding hydrogens is 582 g/mol. The van der Waals surface area contributed by atoms with E-state index >= 15 is 0 Å². The topological polar surface area (TPSA) is 73.8 Å². The Labute approximate surface area is 272 Å². The lowest BCUT2D eigenvalue weighted by molar-refractivity contribution is 0.00578. The molecule has 242 valence electrons. The van der Waals surface area contributed by atoms with Crippen LogP contribution in [0.4, 0.5) is 0 Å². The highest BCUT2D eigenvalue weighted by Crippen LogP contribution is 2.46. The molecule has 10 heteroatoms. The first-order chi connectivity index (χ1) is 21.7. The van der Waals surface area contributed by atoms with Gasteiger partial charge in [-0.1, -0.05) is 48.5 Å². The molecule has 46 heavy (non-hydrogen) atoms. The van der Waals surface area contributed by atoms with E-state index in [9.17, 15) is 0 Å². The van der Waals surface area contributed by atoms with Gasteiger partial charge in [-0.15, -0.1) is 0 Å². The van der Waals surface area contributed by atoms with Crippen molar-refractivity contribution in [2.45, 2.75) is 77.8 Å². The van der Waals surface area contributed by atoms with Crippen LogP contribution in [0.1, 0.15) is 55.4 Å². The average molecular weight is 626 g/mol. The predicted octanol–water partition coefficient (Wildman–Crippen LogP) is 6.22. The van der Waals surface area contributed by atoms with E-state index in [1.165, 1.54) is 0 Å². The second-order valence-electron chi connectivity index (χ2n) is 14.1. The first kappa shape index (κ1) is 32.8. The minimum absolute atomic E-state index is 0.0929. The Morgan fingerprint density at radius 2 is 0.848 bits per heavy atom. The Bertz CT molecular complexity index is 1610. The number of hydrogen-bond acceptors (Lipinski definition) is 8. The molecule has 4 aromatic rings. The SMILES string of the molecule is COCOc1ccc2cc(B3OC(C)(C)C(C)(C)O3)ccc2c1-c1c(OCOC)ccc2cc(B3OC(C)(C)C(C)(C)O3)ccc12. The van der Waals surface area contributed by atoms with Crippen molar-refractivity contribution in [3.8, 4) is 22.6 Å². The quantitative estimate of drug-likeness (QED) is 0.160. The zero-order valence-electron chi connectivity index (χ0n) is 28.6. The van der Waals surface area contributed by atoms with E-state index in [2.05, 4.69) is 104 Å². The summed E-state index contributed by atoms with van der Waals surface area (Å²) in [5.74, 6) is 1.34. The molecule has 0 aliphatic carbocycles. The summed E-state index contributed by atoms with van der Waals surface area (Å²) >= 11 is 0. The normalized spacial score (nSPS) is 19.7. The van der Waals surface area contributed by atoms with Crippen LogP contribution < -0.4 is 20.4 Å². The lowest BCUT2D eigenvalue weighted by atomic mass is 9.77. The van der Waals surface area contributed by atoms with Crippen molar-refractivity contribution < 1.29 is 37.6 Å². The van der Waals surface area contributed by atoms with Gasteiger partial charge in [0.05, 0.1) is 22.4 Å². The minimum Gasteiger partial charge on any atom is -0.467 e. The fraction of sp³-hybridized carbons (Fsp3) is 0.444. The van der Waals surface area contributed by atoms with Crippen molar-refractivity contribution in [3.63, 3.8) is 0 Å². The van der Waals surface area contributed by atoms with E-state index in [4.69, 9.17) is 37.6 Å². The lowest BCUT2D eigenvalue weighted by Gasteiger charge is -2.32. The number of methoxy groups -OCH3 is 2. The molecule has 2 heterocycles. The second kappa shape index (κ2) is 11.8.